The van der Waals surface area contributed by atoms with Crippen LogP contribution in [-0.4, -0.2) is 22.0 Å². The van der Waals surface area contributed by atoms with Crippen LogP contribution in [-0.2, 0) is 24.3 Å². The van der Waals surface area contributed by atoms with Gasteiger partial charge in [0.2, 0.25) is 5.91 Å². The van der Waals surface area contributed by atoms with Crippen LogP contribution in [0.3, 0.4) is 0 Å². The summed E-state index contributed by atoms with van der Waals surface area (Å²) < 4.78 is 16.5. The Kier molecular flexibility index (Phi) is 7.18. The number of aryl methyl sites for hydroxylation is 1. The molecule has 0 radical (unpaired) electrons. The number of halogens is 3. The maximum atomic E-state index is 14.6. The molecule has 4 rings (SSSR count). The molecule has 0 spiro atoms. The molecule has 0 saturated heterocycles. The minimum absolute atomic E-state index is 0. The van der Waals surface area contributed by atoms with E-state index in [0.29, 0.717) is 25.1 Å². The Morgan fingerprint density at radius 3 is 2.89 bits per heavy atom. The number of hydrogen-bond donors (Lipinski definition) is 2. The summed E-state index contributed by atoms with van der Waals surface area (Å²) in [5.41, 5.74) is 3.82. The highest BCUT2D eigenvalue weighted by Crippen LogP contribution is 2.24. The van der Waals surface area contributed by atoms with E-state index in [1.807, 2.05) is 34.9 Å². The highest BCUT2D eigenvalue weighted by molar-refractivity contribution is 5.91. The van der Waals surface area contributed by atoms with Gasteiger partial charge >= 0.3 is 0 Å². The molecule has 2 N–H and O–H groups in total. The number of nitrogens with zero attached hydrogens (tertiary/aromatic N) is 2. The van der Waals surface area contributed by atoms with Crippen molar-refractivity contribution in [3.05, 3.63) is 59.7 Å². The number of para-hydroxylation sites is 2. The Balaban J connectivity index is 0.00000131. The summed E-state index contributed by atoms with van der Waals surface area (Å²) in [6, 6.07) is 11.3. The molecule has 2 heterocycles. The van der Waals surface area contributed by atoms with Crippen molar-refractivity contribution in [2.24, 2.45) is 0 Å². The van der Waals surface area contributed by atoms with Crippen LogP contribution in [0.5, 0.6) is 0 Å². The number of fused-ring (bicyclic) bond motifs is 2. The number of rotatable bonds is 4. The van der Waals surface area contributed by atoms with E-state index in [2.05, 4.69) is 15.6 Å². The highest BCUT2D eigenvalue weighted by atomic mass is 35.5. The minimum Gasteiger partial charge on any atom is -0.330 e. The van der Waals surface area contributed by atoms with Crippen molar-refractivity contribution in [3.8, 4) is 0 Å². The van der Waals surface area contributed by atoms with E-state index >= 15 is 0 Å². The Morgan fingerprint density at radius 1 is 1.22 bits per heavy atom. The summed E-state index contributed by atoms with van der Waals surface area (Å²) in [7, 11) is 0. The molecule has 1 aliphatic rings. The van der Waals surface area contributed by atoms with Crippen molar-refractivity contribution in [2.45, 2.75) is 25.9 Å². The monoisotopic (exact) mass is 410 g/mol. The SMILES string of the molecule is Cl.Cl.O=C(CCn1cnc2ccccc21)Nc1ccc2c(c1F)CCNC2. The summed E-state index contributed by atoms with van der Waals surface area (Å²) in [5, 5.41) is 5.92. The number of aromatic nitrogens is 2. The molecule has 8 heteroatoms. The molecular weight excluding hydrogens is 390 g/mol. The molecule has 0 atom stereocenters. The number of benzene rings is 2. The summed E-state index contributed by atoms with van der Waals surface area (Å²) >= 11 is 0. The molecule has 2 aromatic carbocycles. The standard InChI is InChI=1S/C19H19FN4O.2ClH/c20-19-14-7-9-21-11-13(14)5-6-16(19)23-18(25)8-10-24-12-22-15-3-1-2-4-17(15)24;;/h1-6,12,21H,7-11H2,(H,23,25);2*1H. The van der Waals surface area contributed by atoms with Crippen LogP contribution in [0.2, 0.25) is 0 Å². The van der Waals surface area contributed by atoms with Crippen molar-refractivity contribution in [2.75, 3.05) is 11.9 Å². The first-order valence-corrected chi connectivity index (χ1v) is 8.43. The zero-order valence-electron chi connectivity index (χ0n) is 14.6. The van der Waals surface area contributed by atoms with Crippen LogP contribution in [0, 0.1) is 5.82 Å². The van der Waals surface area contributed by atoms with E-state index in [1.54, 1.807) is 12.4 Å². The van der Waals surface area contributed by atoms with Gasteiger partial charge in [0.1, 0.15) is 5.82 Å². The van der Waals surface area contributed by atoms with Crippen molar-refractivity contribution >= 4 is 47.4 Å². The smallest absolute Gasteiger partial charge is 0.226 e. The second-order valence-corrected chi connectivity index (χ2v) is 6.22. The summed E-state index contributed by atoms with van der Waals surface area (Å²) in [5.74, 6) is -0.508. The highest BCUT2D eigenvalue weighted by Gasteiger charge is 2.17. The van der Waals surface area contributed by atoms with Crippen LogP contribution in [0.1, 0.15) is 17.5 Å². The van der Waals surface area contributed by atoms with Gasteiger partial charge in [-0.2, -0.15) is 0 Å². The van der Waals surface area contributed by atoms with Gasteiger partial charge in [-0.25, -0.2) is 9.37 Å². The van der Waals surface area contributed by atoms with Crippen LogP contribution in [0.25, 0.3) is 11.0 Å². The van der Waals surface area contributed by atoms with Gasteiger partial charge in [0.15, 0.2) is 0 Å². The number of carbonyl (C=O) groups is 1. The fourth-order valence-corrected chi connectivity index (χ4v) is 3.25. The van der Waals surface area contributed by atoms with E-state index in [0.717, 1.165) is 23.1 Å². The predicted molar refractivity (Wildman–Crippen MR) is 109 cm³/mol. The van der Waals surface area contributed by atoms with Crippen molar-refractivity contribution in [1.82, 2.24) is 14.9 Å². The average molecular weight is 411 g/mol. The van der Waals surface area contributed by atoms with Gasteiger partial charge in [0.05, 0.1) is 23.0 Å². The van der Waals surface area contributed by atoms with Crippen molar-refractivity contribution in [1.29, 1.82) is 0 Å². The average Bonchev–Trinajstić information content (AvgIpc) is 3.06. The van der Waals surface area contributed by atoms with Gasteiger partial charge in [-0.05, 0) is 42.3 Å². The van der Waals surface area contributed by atoms with E-state index in [9.17, 15) is 9.18 Å². The van der Waals surface area contributed by atoms with Crippen LogP contribution in [0.4, 0.5) is 10.1 Å². The topological polar surface area (TPSA) is 59.0 Å². The molecule has 3 aromatic rings. The number of amides is 1. The van der Waals surface area contributed by atoms with Gasteiger partial charge in [0, 0.05) is 19.5 Å². The van der Waals surface area contributed by atoms with Gasteiger partial charge in [-0.3, -0.25) is 4.79 Å². The molecule has 1 aromatic heterocycles. The summed E-state index contributed by atoms with van der Waals surface area (Å²) in [6.45, 7) is 1.94. The van der Waals surface area contributed by atoms with E-state index in [4.69, 9.17) is 0 Å². The molecule has 1 aliphatic heterocycles. The lowest BCUT2D eigenvalue weighted by Crippen LogP contribution is -2.25. The molecule has 0 fully saturated rings. The third kappa shape index (κ3) is 4.40. The second kappa shape index (κ2) is 9.17. The van der Waals surface area contributed by atoms with E-state index in [1.165, 1.54) is 0 Å². The third-order valence-corrected chi connectivity index (χ3v) is 4.59. The first-order valence-electron chi connectivity index (χ1n) is 8.43. The predicted octanol–water partition coefficient (Wildman–Crippen LogP) is 3.69. The first-order chi connectivity index (χ1) is 12.2. The zero-order valence-corrected chi connectivity index (χ0v) is 16.2. The Labute approximate surface area is 169 Å². The molecule has 0 bridgehead atoms. The first kappa shape index (κ1) is 21.2. The number of imidazole rings is 1. The fraction of sp³-hybridized carbons (Fsp3) is 0.263. The molecule has 0 aliphatic carbocycles. The van der Waals surface area contributed by atoms with Crippen LogP contribution in [0.15, 0.2) is 42.7 Å². The molecule has 0 unspecified atom stereocenters. The Hall–Kier alpha value is -2.15. The summed E-state index contributed by atoms with van der Waals surface area (Å²) in [4.78, 5) is 16.5. The van der Waals surface area contributed by atoms with E-state index < -0.39 is 0 Å². The maximum absolute atomic E-state index is 14.6. The number of anilines is 1. The minimum atomic E-state index is -0.305. The summed E-state index contributed by atoms with van der Waals surface area (Å²) in [6.07, 6.45) is 2.63. The van der Waals surface area contributed by atoms with Crippen molar-refractivity contribution in [3.63, 3.8) is 0 Å². The van der Waals surface area contributed by atoms with Crippen LogP contribution >= 0.6 is 24.8 Å². The lowest BCUT2D eigenvalue weighted by atomic mass is 9.99. The van der Waals surface area contributed by atoms with E-state index in [-0.39, 0.29) is 48.6 Å². The number of carbonyl (C=O) groups excluding carboxylic acids is 1. The van der Waals surface area contributed by atoms with Gasteiger partial charge in [-0.1, -0.05) is 18.2 Å². The largest absolute Gasteiger partial charge is 0.330 e. The molecule has 1 amide bonds. The molecule has 5 nitrogen and oxygen atoms in total. The molecule has 144 valence electrons. The lowest BCUT2D eigenvalue weighted by Gasteiger charge is -2.19. The van der Waals surface area contributed by atoms with Gasteiger partial charge in [0.25, 0.3) is 0 Å². The quantitative estimate of drug-likeness (QED) is 0.689. The number of nitrogens with one attached hydrogen (secondary N) is 2. The maximum Gasteiger partial charge on any atom is 0.226 e. The lowest BCUT2D eigenvalue weighted by molar-refractivity contribution is -0.116. The Bertz CT molecular complexity index is 945. The second-order valence-electron chi connectivity index (χ2n) is 6.22. The molecule has 27 heavy (non-hydrogen) atoms. The van der Waals surface area contributed by atoms with Crippen molar-refractivity contribution < 1.29 is 9.18 Å². The fourth-order valence-electron chi connectivity index (χ4n) is 3.25. The van der Waals surface area contributed by atoms with Gasteiger partial charge < -0.3 is 15.2 Å². The number of hydrogen-bond acceptors (Lipinski definition) is 3. The molecular formula is C19H21Cl2FN4O. The third-order valence-electron chi connectivity index (χ3n) is 4.59. The Morgan fingerprint density at radius 2 is 2.04 bits per heavy atom. The zero-order chi connectivity index (χ0) is 17.2. The van der Waals surface area contributed by atoms with Gasteiger partial charge in [-0.15, -0.1) is 24.8 Å². The molecule has 0 saturated carbocycles. The normalized spacial score (nSPS) is 12.6. The van der Waals surface area contributed by atoms with Crippen LogP contribution < -0.4 is 10.6 Å².